The third kappa shape index (κ3) is 6.32. The molecule has 1 saturated heterocycles. The van der Waals surface area contributed by atoms with Crippen LogP contribution in [0.25, 0.3) is 0 Å². The van der Waals surface area contributed by atoms with E-state index in [1.807, 2.05) is 6.92 Å². The molecule has 21 heavy (non-hydrogen) atoms. The van der Waals surface area contributed by atoms with Crippen molar-refractivity contribution in [3.05, 3.63) is 0 Å². The third-order valence-corrected chi connectivity index (χ3v) is 4.25. The Balaban J connectivity index is 2.34. The highest BCUT2D eigenvalue weighted by Crippen LogP contribution is 2.17. The molecule has 0 aromatic carbocycles. The van der Waals surface area contributed by atoms with Crippen molar-refractivity contribution in [3.63, 3.8) is 0 Å². The van der Waals surface area contributed by atoms with Gasteiger partial charge in [-0.1, -0.05) is 6.92 Å². The number of carboxylic acid groups (broad SMARTS) is 1. The summed E-state index contributed by atoms with van der Waals surface area (Å²) in [7, 11) is 0. The lowest BCUT2D eigenvalue weighted by Gasteiger charge is -2.33. The molecule has 0 spiro atoms. The van der Waals surface area contributed by atoms with E-state index in [9.17, 15) is 9.90 Å². The fourth-order valence-electron chi connectivity index (χ4n) is 2.92. The summed E-state index contributed by atoms with van der Waals surface area (Å²) in [4.78, 5) is 13.9. The number of piperidine rings is 1. The van der Waals surface area contributed by atoms with Gasteiger partial charge in [0.05, 0.1) is 6.10 Å². The molecule has 1 fully saturated rings. The van der Waals surface area contributed by atoms with Crippen molar-refractivity contribution in [2.75, 3.05) is 32.8 Å². The van der Waals surface area contributed by atoms with Gasteiger partial charge in [-0.25, -0.2) is 0 Å². The van der Waals surface area contributed by atoms with Crippen LogP contribution in [0, 0.1) is 0 Å². The van der Waals surface area contributed by atoms with Gasteiger partial charge in [0.15, 0.2) is 0 Å². The largest absolute Gasteiger partial charge is 0.480 e. The molecule has 5 heteroatoms. The topological polar surface area (TPSA) is 61.8 Å². The van der Waals surface area contributed by atoms with Crippen LogP contribution in [-0.4, -0.2) is 60.4 Å². The van der Waals surface area contributed by atoms with Crippen LogP contribution in [0.15, 0.2) is 0 Å². The number of hydrogen-bond donors (Lipinski definition) is 2. The second-order valence-corrected chi connectivity index (χ2v) is 6.19. The first-order valence-electron chi connectivity index (χ1n) is 8.34. The second kappa shape index (κ2) is 9.38. The minimum atomic E-state index is -0.800. The molecule has 0 amide bonds. The molecule has 0 saturated carbocycles. The zero-order valence-corrected chi connectivity index (χ0v) is 13.9. The highest BCUT2D eigenvalue weighted by molar-refractivity contribution is 5.78. The smallest absolute Gasteiger partial charge is 0.323 e. The predicted molar refractivity (Wildman–Crippen MR) is 84.7 cm³/mol. The standard InChI is InChI=1S/C16H32N2O3/c1-4-10-17-16(3,15(19)20)9-7-12-18-11-6-8-14(13-18)21-5-2/h14,17H,4-13H2,1-3H3,(H,19,20). The molecule has 1 aliphatic rings. The maximum atomic E-state index is 11.5. The summed E-state index contributed by atoms with van der Waals surface area (Å²) in [6.07, 6.45) is 5.19. The fraction of sp³-hybridized carbons (Fsp3) is 0.938. The van der Waals surface area contributed by atoms with Crippen LogP contribution in [0.1, 0.15) is 52.9 Å². The van der Waals surface area contributed by atoms with Crippen molar-refractivity contribution in [2.24, 2.45) is 0 Å². The van der Waals surface area contributed by atoms with Crippen LogP contribution in [0.3, 0.4) is 0 Å². The number of aliphatic carboxylic acids is 1. The molecule has 124 valence electrons. The molecule has 0 radical (unpaired) electrons. The number of carbonyl (C=O) groups is 1. The second-order valence-electron chi connectivity index (χ2n) is 6.19. The lowest BCUT2D eigenvalue weighted by atomic mass is 9.95. The molecule has 0 aromatic rings. The summed E-state index contributed by atoms with van der Waals surface area (Å²) < 4.78 is 5.70. The molecular formula is C16H32N2O3. The average molecular weight is 300 g/mol. The zero-order valence-electron chi connectivity index (χ0n) is 13.9. The zero-order chi connectivity index (χ0) is 15.7. The average Bonchev–Trinajstić information content (AvgIpc) is 2.46. The molecule has 1 rings (SSSR count). The van der Waals surface area contributed by atoms with Crippen LogP contribution in [-0.2, 0) is 9.53 Å². The lowest BCUT2D eigenvalue weighted by Crippen LogP contribution is -2.50. The SMILES string of the molecule is CCCNC(C)(CCCN1CCCC(OCC)C1)C(=O)O. The van der Waals surface area contributed by atoms with E-state index >= 15 is 0 Å². The molecular weight excluding hydrogens is 268 g/mol. The molecule has 1 heterocycles. The van der Waals surface area contributed by atoms with E-state index in [2.05, 4.69) is 17.1 Å². The van der Waals surface area contributed by atoms with Gasteiger partial charge in [0.2, 0.25) is 0 Å². The van der Waals surface area contributed by atoms with E-state index in [1.165, 1.54) is 6.42 Å². The number of rotatable bonds is 10. The van der Waals surface area contributed by atoms with Gasteiger partial charge >= 0.3 is 5.97 Å². The number of nitrogens with one attached hydrogen (secondary N) is 1. The van der Waals surface area contributed by atoms with Crippen LogP contribution in [0.5, 0.6) is 0 Å². The summed E-state index contributed by atoms with van der Waals surface area (Å²) in [6, 6.07) is 0. The molecule has 2 atom stereocenters. The van der Waals surface area contributed by atoms with Gasteiger partial charge in [0, 0.05) is 13.2 Å². The summed E-state index contributed by atoms with van der Waals surface area (Å²) in [6.45, 7) is 10.5. The Kier molecular flexibility index (Phi) is 8.22. The number of nitrogens with zero attached hydrogens (tertiary/aromatic N) is 1. The molecule has 1 aliphatic heterocycles. The molecule has 2 N–H and O–H groups in total. The Labute approximate surface area is 129 Å². The molecule has 0 aliphatic carbocycles. The van der Waals surface area contributed by atoms with E-state index in [0.717, 1.165) is 52.0 Å². The Bertz CT molecular complexity index is 310. The lowest BCUT2D eigenvalue weighted by molar-refractivity contribution is -0.144. The highest BCUT2D eigenvalue weighted by atomic mass is 16.5. The minimum absolute atomic E-state index is 0.354. The van der Waals surface area contributed by atoms with Crippen molar-refractivity contribution in [1.82, 2.24) is 10.2 Å². The summed E-state index contributed by atoms with van der Waals surface area (Å²) in [5.41, 5.74) is -0.800. The summed E-state index contributed by atoms with van der Waals surface area (Å²) in [5, 5.41) is 12.6. The van der Waals surface area contributed by atoms with Gasteiger partial charge in [0.25, 0.3) is 0 Å². The van der Waals surface area contributed by atoms with Gasteiger partial charge < -0.3 is 20.1 Å². The van der Waals surface area contributed by atoms with Crippen LogP contribution < -0.4 is 5.32 Å². The first-order chi connectivity index (χ1) is 10.0. The van der Waals surface area contributed by atoms with Crippen molar-refractivity contribution in [3.8, 4) is 0 Å². The Morgan fingerprint density at radius 2 is 2.24 bits per heavy atom. The monoisotopic (exact) mass is 300 g/mol. The van der Waals surface area contributed by atoms with Crippen molar-refractivity contribution in [1.29, 1.82) is 0 Å². The number of hydrogen-bond acceptors (Lipinski definition) is 4. The predicted octanol–water partition coefficient (Wildman–Crippen LogP) is 2.11. The van der Waals surface area contributed by atoms with Gasteiger partial charge in [-0.05, 0) is 65.6 Å². The van der Waals surface area contributed by atoms with Gasteiger partial charge in [-0.3, -0.25) is 4.79 Å². The first-order valence-corrected chi connectivity index (χ1v) is 8.34. The molecule has 0 bridgehead atoms. The van der Waals surface area contributed by atoms with E-state index in [-0.39, 0.29) is 0 Å². The van der Waals surface area contributed by atoms with Gasteiger partial charge in [0.1, 0.15) is 5.54 Å². The number of likely N-dealkylation sites (tertiary alicyclic amines) is 1. The first kappa shape index (κ1) is 18.4. The maximum Gasteiger partial charge on any atom is 0.323 e. The van der Waals surface area contributed by atoms with E-state index in [0.29, 0.717) is 12.5 Å². The molecule has 0 aromatic heterocycles. The van der Waals surface area contributed by atoms with Crippen molar-refractivity contribution < 1.29 is 14.6 Å². The Morgan fingerprint density at radius 3 is 2.86 bits per heavy atom. The van der Waals surface area contributed by atoms with Gasteiger partial charge in [-0.15, -0.1) is 0 Å². The van der Waals surface area contributed by atoms with Crippen molar-refractivity contribution >= 4 is 5.97 Å². The normalized spacial score (nSPS) is 22.9. The maximum absolute atomic E-state index is 11.5. The number of ether oxygens (including phenoxy) is 1. The molecule has 5 nitrogen and oxygen atoms in total. The van der Waals surface area contributed by atoms with E-state index in [1.54, 1.807) is 6.92 Å². The fourth-order valence-corrected chi connectivity index (χ4v) is 2.92. The van der Waals surface area contributed by atoms with Crippen molar-refractivity contribution in [2.45, 2.75) is 64.5 Å². The Hall–Kier alpha value is -0.650. The highest BCUT2D eigenvalue weighted by Gasteiger charge is 2.32. The van der Waals surface area contributed by atoms with Crippen LogP contribution >= 0.6 is 0 Å². The van der Waals surface area contributed by atoms with Crippen LogP contribution in [0.2, 0.25) is 0 Å². The van der Waals surface area contributed by atoms with Crippen LogP contribution in [0.4, 0.5) is 0 Å². The Morgan fingerprint density at radius 1 is 1.48 bits per heavy atom. The summed E-state index contributed by atoms with van der Waals surface area (Å²) in [5.74, 6) is -0.748. The minimum Gasteiger partial charge on any atom is -0.480 e. The quantitative estimate of drug-likeness (QED) is 0.647. The van der Waals surface area contributed by atoms with E-state index < -0.39 is 11.5 Å². The number of carboxylic acids is 1. The van der Waals surface area contributed by atoms with E-state index in [4.69, 9.17) is 4.74 Å². The van der Waals surface area contributed by atoms with Gasteiger partial charge in [-0.2, -0.15) is 0 Å². The molecule has 2 unspecified atom stereocenters. The third-order valence-electron chi connectivity index (χ3n) is 4.25. The summed E-state index contributed by atoms with van der Waals surface area (Å²) >= 11 is 0.